The normalized spacial score (nSPS) is 13.0. The quantitative estimate of drug-likeness (QED) is 0.487. The van der Waals surface area contributed by atoms with E-state index in [2.05, 4.69) is 11.1 Å². The van der Waals surface area contributed by atoms with Crippen LogP contribution in [0.3, 0.4) is 0 Å². The molecule has 0 radical (unpaired) electrons. The summed E-state index contributed by atoms with van der Waals surface area (Å²) >= 11 is 2.98. The number of rotatable bonds is 3. The SMILES string of the molecule is Cc1cc(-c2cccs2)c2c(N)c(C(=O)c3ccc4c(c3)OCCO4)sc2n1. The standard InChI is InChI=1S/C21H16N2O3S2/c1-11-9-13(16-3-2-8-27-16)17-18(22)20(28-21(17)23-11)19(24)12-4-5-14-15(10-12)26-7-6-25-14/h2-5,8-10H,6-7,22H2,1H3. The lowest BCUT2D eigenvalue weighted by molar-refractivity contribution is 0.104. The molecule has 5 rings (SSSR count). The molecule has 3 aromatic heterocycles. The third-order valence-corrected chi connectivity index (χ3v) is 6.63. The Balaban J connectivity index is 1.65. The zero-order valence-electron chi connectivity index (χ0n) is 15.0. The van der Waals surface area contributed by atoms with Crippen molar-refractivity contribution in [2.75, 3.05) is 18.9 Å². The molecule has 1 aromatic carbocycles. The zero-order chi connectivity index (χ0) is 19.3. The van der Waals surface area contributed by atoms with E-state index in [1.54, 1.807) is 29.5 Å². The highest BCUT2D eigenvalue weighted by Gasteiger charge is 2.23. The van der Waals surface area contributed by atoms with Crippen molar-refractivity contribution < 1.29 is 14.3 Å². The van der Waals surface area contributed by atoms with Crippen LogP contribution in [0.5, 0.6) is 11.5 Å². The fourth-order valence-corrected chi connectivity index (χ4v) is 5.23. The van der Waals surface area contributed by atoms with Gasteiger partial charge in [0.05, 0.1) is 5.69 Å². The van der Waals surface area contributed by atoms with E-state index in [4.69, 9.17) is 15.2 Å². The molecule has 0 fully saturated rings. The Morgan fingerprint density at radius 1 is 1.14 bits per heavy atom. The molecule has 0 aliphatic carbocycles. The van der Waals surface area contributed by atoms with Crippen LogP contribution in [0.1, 0.15) is 20.9 Å². The van der Waals surface area contributed by atoms with Crippen molar-refractivity contribution in [1.82, 2.24) is 4.98 Å². The number of carbonyl (C=O) groups excluding carboxylic acids is 1. The predicted molar refractivity (Wildman–Crippen MR) is 113 cm³/mol. The Bertz CT molecular complexity index is 1210. The maximum absolute atomic E-state index is 13.2. The molecule has 2 N–H and O–H groups in total. The zero-order valence-corrected chi connectivity index (χ0v) is 16.7. The molecule has 4 heterocycles. The van der Waals surface area contributed by atoms with Crippen molar-refractivity contribution in [3.63, 3.8) is 0 Å². The first-order chi connectivity index (χ1) is 13.6. The van der Waals surface area contributed by atoms with Crippen LogP contribution >= 0.6 is 22.7 Å². The van der Waals surface area contributed by atoms with Crippen LogP contribution < -0.4 is 15.2 Å². The molecule has 0 saturated carbocycles. The maximum Gasteiger partial charge on any atom is 0.205 e. The Morgan fingerprint density at radius 2 is 1.96 bits per heavy atom. The second-order valence-corrected chi connectivity index (χ2v) is 8.45. The Kier molecular flexibility index (Phi) is 4.07. The fraction of sp³-hybridized carbons (Fsp3) is 0.143. The number of hydrogen-bond donors (Lipinski definition) is 1. The van der Waals surface area contributed by atoms with Crippen LogP contribution in [0.4, 0.5) is 5.69 Å². The van der Waals surface area contributed by atoms with Crippen LogP contribution in [-0.2, 0) is 0 Å². The Labute approximate surface area is 169 Å². The number of ketones is 1. The second-order valence-electron chi connectivity index (χ2n) is 6.50. The van der Waals surface area contributed by atoms with E-state index < -0.39 is 0 Å². The van der Waals surface area contributed by atoms with Crippen LogP contribution in [-0.4, -0.2) is 24.0 Å². The lowest BCUT2D eigenvalue weighted by atomic mass is 10.0. The van der Waals surface area contributed by atoms with Gasteiger partial charge in [0.15, 0.2) is 11.5 Å². The van der Waals surface area contributed by atoms with Crippen molar-refractivity contribution in [2.45, 2.75) is 6.92 Å². The van der Waals surface area contributed by atoms with Gasteiger partial charge in [0.25, 0.3) is 0 Å². The highest BCUT2D eigenvalue weighted by atomic mass is 32.1. The molecule has 28 heavy (non-hydrogen) atoms. The number of ether oxygens (including phenoxy) is 2. The topological polar surface area (TPSA) is 74.4 Å². The minimum Gasteiger partial charge on any atom is -0.486 e. The number of nitrogens with two attached hydrogens (primary N) is 1. The molecular weight excluding hydrogens is 392 g/mol. The second kappa shape index (κ2) is 6.61. The molecule has 0 unspecified atom stereocenters. The number of aromatic nitrogens is 1. The molecule has 0 spiro atoms. The van der Waals surface area contributed by atoms with Gasteiger partial charge in [0.1, 0.15) is 22.9 Å². The monoisotopic (exact) mass is 408 g/mol. The van der Waals surface area contributed by atoms with Gasteiger partial charge in [-0.25, -0.2) is 4.98 Å². The number of pyridine rings is 1. The Morgan fingerprint density at radius 3 is 2.75 bits per heavy atom. The van der Waals surface area contributed by atoms with E-state index in [-0.39, 0.29) is 5.78 Å². The number of anilines is 1. The van der Waals surface area contributed by atoms with Crippen LogP contribution in [0.25, 0.3) is 20.7 Å². The van der Waals surface area contributed by atoms with Crippen molar-refractivity contribution >= 4 is 44.4 Å². The molecule has 0 amide bonds. The average Bonchev–Trinajstić information content (AvgIpc) is 3.35. The minimum atomic E-state index is -0.132. The predicted octanol–water partition coefficient (Wildman–Crippen LogP) is 4.92. The number of benzene rings is 1. The largest absolute Gasteiger partial charge is 0.486 e. The summed E-state index contributed by atoms with van der Waals surface area (Å²) in [5.41, 5.74) is 9.40. The smallest absolute Gasteiger partial charge is 0.205 e. The van der Waals surface area contributed by atoms with E-state index in [1.807, 2.05) is 24.4 Å². The van der Waals surface area contributed by atoms with Crippen molar-refractivity contribution in [3.05, 3.63) is 57.9 Å². The summed E-state index contributed by atoms with van der Waals surface area (Å²) in [4.78, 5) is 20.2. The molecule has 0 bridgehead atoms. The number of fused-ring (bicyclic) bond motifs is 2. The van der Waals surface area contributed by atoms with Crippen molar-refractivity contribution in [3.8, 4) is 21.9 Å². The van der Waals surface area contributed by atoms with Crippen molar-refractivity contribution in [2.24, 2.45) is 0 Å². The maximum atomic E-state index is 13.2. The molecule has 7 heteroatoms. The molecule has 1 aliphatic heterocycles. The molecule has 0 atom stereocenters. The fourth-order valence-electron chi connectivity index (χ4n) is 3.35. The summed E-state index contributed by atoms with van der Waals surface area (Å²) in [5, 5.41) is 2.87. The summed E-state index contributed by atoms with van der Waals surface area (Å²) in [5.74, 6) is 1.11. The Hall–Kier alpha value is -2.90. The van der Waals surface area contributed by atoms with Gasteiger partial charge in [0, 0.05) is 27.1 Å². The number of hydrogen-bond acceptors (Lipinski definition) is 7. The summed E-state index contributed by atoms with van der Waals surface area (Å²) in [7, 11) is 0. The molecule has 140 valence electrons. The third kappa shape index (κ3) is 2.75. The minimum absolute atomic E-state index is 0.132. The van der Waals surface area contributed by atoms with Crippen LogP contribution in [0.2, 0.25) is 0 Å². The van der Waals surface area contributed by atoms with E-state index in [1.165, 1.54) is 11.3 Å². The summed E-state index contributed by atoms with van der Waals surface area (Å²) in [6, 6.07) is 11.3. The average molecular weight is 409 g/mol. The molecule has 1 aliphatic rings. The summed E-state index contributed by atoms with van der Waals surface area (Å²) in [6.45, 7) is 2.94. The third-order valence-electron chi connectivity index (χ3n) is 4.62. The first kappa shape index (κ1) is 17.2. The van der Waals surface area contributed by atoms with E-state index >= 15 is 0 Å². The van der Waals surface area contributed by atoms with Crippen molar-refractivity contribution in [1.29, 1.82) is 0 Å². The van der Waals surface area contributed by atoms with Gasteiger partial charge in [0.2, 0.25) is 5.78 Å². The molecule has 4 aromatic rings. The van der Waals surface area contributed by atoms with Crippen LogP contribution in [0, 0.1) is 6.92 Å². The van der Waals surface area contributed by atoms with E-state index in [0.29, 0.717) is 40.8 Å². The van der Waals surface area contributed by atoms with Gasteiger partial charge in [-0.1, -0.05) is 6.07 Å². The molecule has 0 saturated heterocycles. The molecule has 5 nitrogen and oxygen atoms in total. The van der Waals surface area contributed by atoms with Gasteiger partial charge >= 0.3 is 0 Å². The first-order valence-electron chi connectivity index (χ1n) is 8.79. The first-order valence-corrected chi connectivity index (χ1v) is 10.5. The van der Waals surface area contributed by atoms with Crippen LogP contribution in [0.15, 0.2) is 41.8 Å². The van der Waals surface area contributed by atoms with E-state index in [9.17, 15) is 4.79 Å². The number of carbonyl (C=O) groups is 1. The number of aryl methyl sites for hydroxylation is 1. The number of nitrogen functional groups attached to an aromatic ring is 1. The van der Waals surface area contributed by atoms with Gasteiger partial charge < -0.3 is 15.2 Å². The lowest BCUT2D eigenvalue weighted by Gasteiger charge is -2.18. The van der Waals surface area contributed by atoms with Gasteiger partial charge in [-0.3, -0.25) is 4.79 Å². The van der Waals surface area contributed by atoms with Gasteiger partial charge in [-0.15, -0.1) is 22.7 Å². The van der Waals surface area contributed by atoms with E-state index in [0.717, 1.165) is 26.4 Å². The summed E-state index contributed by atoms with van der Waals surface area (Å²) < 4.78 is 11.1. The van der Waals surface area contributed by atoms with Gasteiger partial charge in [-0.05, 0) is 42.6 Å². The van der Waals surface area contributed by atoms with Gasteiger partial charge in [-0.2, -0.15) is 0 Å². The lowest BCUT2D eigenvalue weighted by Crippen LogP contribution is -2.15. The number of thiophene rings is 2. The highest BCUT2D eigenvalue weighted by molar-refractivity contribution is 7.21. The number of nitrogens with zero attached hydrogens (tertiary/aromatic N) is 1. The summed E-state index contributed by atoms with van der Waals surface area (Å²) in [6.07, 6.45) is 0. The molecular formula is C21H16N2O3S2. The highest BCUT2D eigenvalue weighted by Crippen LogP contribution is 2.42.